The molecule has 1 aliphatic carbocycles. The second-order valence-corrected chi connectivity index (χ2v) is 8.02. The molecule has 120 valence electrons. The van der Waals surface area contributed by atoms with Crippen LogP contribution in [0.25, 0.3) is 0 Å². The number of carbonyl (C=O) groups is 1. The van der Waals surface area contributed by atoms with Gasteiger partial charge >= 0.3 is 0 Å². The summed E-state index contributed by atoms with van der Waals surface area (Å²) in [6.07, 6.45) is 2.07. The Morgan fingerprint density at radius 3 is 2.68 bits per heavy atom. The van der Waals surface area contributed by atoms with Crippen LogP contribution in [0.4, 0.5) is 0 Å². The van der Waals surface area contributed by atoms with E-state index in [1.54, 1.807) is 11.3 Å². The number of thiophene rings is 1. The summed E-state index contributed by atoms with van der Waals surface area (Å²) in [5.41, 5.74) is -0.709. The van der Waals surface area contributed by atoms with Crippen molar-refractivity contribution in [3.8, 4) is 6.07 Å². The number of nitrogens with one attached hydrogen (secondary N) is 1. The lowest BCUT2D eigenvalue weighted by atomic mass is 9.98. The van der Waals surface area contributed by atoms with Crippen LogP contribution in [0.3, 0.4) is 0 Å². The predicted molar refractivity (Wildman–Crippen MR) is 89.5 cm³/mol. The number of nitrogens with zero attached hydrogens (tertiary/aromatic N) is 2. The van der Waals surface area contributed by atoms with E-state index in [4.69, 9.17) is 0 Å². The predicted octanol–water partition coefficient (Wildman–Crippen LogP) is 3.08. The van der Waals surface area contributed by atoms with Gasteiger partial charge in [0, 0.05) is 22.3 Å². The van der Waals surface area contributed by atoms with Crippen molar-refractivity contribution in [1.82, 2.24) is 10.2 Å². The van der Waals surface area contributed by atoms with Gasteiger partial charge in [-0.3, -0.25) is 9.69 Å². The average molecular weight is 319 g/mol. The zero-order chi connectivity index (χ0) is 16.3. The molecule has 2 rings (SSSR count). The molecule has 1 N–H and O–H groups in total. The summed E-state index contributed by atoms with van der Waals surface area (Å²) in [5, 5.41) is 12.3. The monoisotopic (exact) mass is 319 g/mol. The fourth-order valence-corrected chi connectivity index (χ4v) is 3.50. The number of rotatable bonds is 7. The summed E-state index contributed by atoms with van der Waals surface area (Å²) in [6.45, 7) is 9.23. The summed E-state index contributed by atoms with van der Waals surface area (Å²) in [5.74, 6) is 0.256. The molecule has 1 aromatic heterocycles. The Morgan fingerprint density at radius 1 is 1.55 bits per heavy atom. The van der Waals surface area contributed by atoms with Gasteiger partial charge in [-0.25, -0.2) is 0 Å². The van der Waals surface area contributed by atoms with Crippen LogP contribution in [0.2, 0.25) is 0 Å². The van der Waals surface area contributed by atoms with Crippen molar-refractivity contribution in [3.05, 3.63) is 21.9 Å². The lowest BCUT2D eigenvalue weighted by Crippen LogP contribution is -2.50. The molecule has 1 amide bonds. The number of hydrogen-bond donors (Lipinski definition) is 1. The molecule has 1 aliphatic rings. The Hall–Kier alpha value is -1.38. The highest BCUT2D eigenvalue weighted by Gasteiger charge is 2.43. The molecule has 4 nitrogen and oxygen atoms in total. The van der Waals surface area contributed by atoms with E-state index >= 15 is 0 Å². The molecule has 0 aliphatic heterocycles. The maximum absolute atomic E-state index is 12.4. The zero-order valence-corrected chi connectivity index (χ0v) is 14.7. The Balaban J connectivity index is 1.95. The van der Waals surface area contributed by atoms with E-state index in [1.165, 1.54) is 9.75 Å². The molecule has 0 unspecified atom stereocenters. The van der Waals surface area contributed by atoms with E-state index in [2.05, 4.69) is 49.2 Å². The zero-order valence-electron chi connectivity index (χ0n) is 13.8. The van der Waals surface area contributed by atoms with Crippen molar-refractivity contribution in [3.63, 3.8) is 0 Å². The van der Waals surface area contributed by atoms with Gasteiger partial charge in [-0.2, -0.15) is 5.26 Å². The Morgan fingerprint density at radius 2 is 2.23 bits per heavy atom. The fourth-order valence-electron chi connectivity index (χ4n) is 2.59. The summed E-state index contributed by atoms with van der Waals surface area (Å²) in [4.78, 5) is 17.1. The molecule has 1 aromatic rings. The fraction of sp³-hybridized carbons (Fsp3) is 0.647. The van der Waals surface area contributed by atoms with Gasteiger partial charge in [0.05, 0.1) is 12.6 Å². The first kappa shape index (κ1) is 17.0. The summed E-state index contributed by atoms with van der Waals surface area (Å²) in [6, 6.07) is 6.79. The largest absolute Gasteiger partial charge is 0.337 e. The van der Waals surface area contributed by atoms with Gasteiger partial charge in [-0.1, -0.05) is 0 Å². The molecule has 5 heteroatoms. The highest BCUT2D eigenvalue weighted by molar-refractivity contribution is 7.11. The third kappa shape index (κ3) is 4.31. The number of aryl methyl sites for hydroxylation is 1. The minimum atomic E-state index is -0.709. The Kier molecular flexibility index (Phi) is 5.25. The third-order valence-electron chi connectivity index (χ3n) is 4.26. The molecular formula is C17H25N3OS. The van der Waals surface area contributed by atoms with Crippen LogP contribution in [0.5, 0.6) is 0 Å². The summed E-state index contributed by atoms with van der Waals surface area (Å²) >= 11 is 1.77. The molecule has 0 saturated heterocycles. The van der Waals surface area contributed by atoms with Gasteiger partial charge in [0.25, 0.3) is 0 Å². The molecule has 22 heavy (non-hydrogen) atoms. The molecule has 1 fully saturated rings. The van der Waals surface area contributed by atoms with E-state index in [0.717, 1.165) is 19.4 Å². The smallest absolute Gasteiger partial charge is 0.235 e. The normalized spacial score (nSPS) is 17.3. The van der Waals surface area contributed by atoms with Crippen molar-refractivity contribution in [1.29, 1.82) is 5.26 Å². The topological polar surface area (TPSA) is 56.1 Å². The molecule has 1 atom stereocenters. The van der Waals surface area contributed by atoms with E-state index in [0.29, 0.717) is 12.5 Å². The third-order valence-corrected chi connectivity index (χ3v) is 5.24. The van der Waals surface area contributed by atoms with Crippen LogP contribution >= 0.6 is 11.3 Å². The van der Waals surface area contributed by atoms with Crippen molar-refractivity contribution >= 4 is 17.2 Å². The van der Waals surface area contributed by atoms with Crippen LogP contribution < -0.4 is 5.32 Å². The number of carbonyl (C=O) groups excluding carboxylic acids is 1. The van der Waals surface area contributed by atoms with Crippen molar-refractivity contribution in [2.75, 3.05) is 6.54 Å². The van der Waals surface area contributed by atoms with Crippen molar-refractivity contribution in [2.45, 2.75) is 58.7 Å². The number of hydrogen-bond acceptors (Lipinski definition) is 4. The minimum absolute atomic E-state index is 0.0575. The van der Waals surface area contributed by atoms with E-state index in [-0.39, 0.29) is 11.9 Å². The molecule has 1 heterocycles. The van der Waals surface area contributed by atoms with Gasteiger partial charge in [-0.15, -0.1) is 11.3 Å². The molecule has 0 bridgehead atoms. The summed E-state index contributed by atoms with van der Waals surface area (Å²) in [7, 11) is 0. The van der Waals surface area contributed by atoms with Crippen LogP contribution in [-0.2, 0) is 11.3 Å². The lowest BCUT2D eigenvalue weighted by Gasteiger charge is -2.28. The van der Waals surface area contributed by atoms with Gasteiger partial charge in [0.15, 0.2) is 0 Å². The molecule has 1 saturated carbocycles. The molecule has 0 radical (unpaired) electrons. The number of nitriles is 1. The molecule has 0 aromatic carbocycles. The minimum Gasteiger partial charge on any atom is -0.337 e. The quantitative estimate of drug-likeness (QED) is 0.840. The average Bonchev–Trinajstić information content (AvgIpc) is 3.22. The van der Waals surface area contributed by atoms with Crippen molar-refractivity contribution in [2.24, 2.45) is 5.92 Å². The first-order valence-electron chi connectivity index (χ1n) is 7.85. The van der Waals surface area contributed by atoms with Gasteiger partial charge in [0.2, 0.25) is 5.91 Å². The van der Waals surface area contributed by atoms with E-state index in [9.17, 15) is 10.1 Å². The second-order valence-electron chi connectivity index (χ2n) is 6.65. The SMILES string of the molecule is Cc1ccc(CN(CC(=O)N[C@](C)(C#N)C2CC2)C(C)C)s1. The van der Waals surface area contributed by atoms with Gasteiger partial charge in [-0.05, 0) is 58.6 Å². The standard InChI is InChI=1S/C17H25N3OS/c1-12(2)20(9-15-8-5-13(3)22-15)10-16(21)19-17(4,11-18)14-6-7-14/h5,8,12,14H,6-7,9-10H2,1-4H3,(H,19,21)/t17-/m1/s1. The Bertz CT molecular complexity index is 571. The van der Waals surface area contributed by atoms with E-state index in [1.807, 2.05) is 6.92 Å². The highest BCUT2D eigenvalue weighted by Crippen LogP contribution is 2.39. The van der Waals surface area contributed by atoms with Crippen LogP contribution in [0, 0.1) is 24.2 Å². The van der Waals surface area contributed by atoms with Gasteiger partial charge < -0.3 is 5.32 Å². The Labute approximate surface area is 137 Å². The summed E-state index contributed by atoms with van der Waals surface area (Å²) < 4.78 is 0. The lowest BCUT2D eigenvalue weighted by molar-refractivity contribution is -0.124. The molecule has 0 spiro atoms. The van der Waals surface area contributed by atoms with Crippen LogP contribution in [0.1, 0.15) is 43.4 Å². The van der Waals surface area contributed by atoms with E-state index < -0.39 is 5.54 Å². The maximum Gasteiger partial charge on any atom is 0.235 e. The molecular weight excluding hydrogens is 294 g/mol. The van der Waals surface area contributed by atoms with Crippen LogP contribution in [-0.4, -0.2) is 28.9 Å². The van der Waals surface area contributed by atoms with Crippen LogP contribution in [0.15, 0.2) is 12.1 Å². The number of amides is 1. The van der Waals surface area contributed by atoms with Gasteiger partial charge in [0.1, 0.15) is 5.54 Å². The van der Waals surface area contributed by atoms with Crippen molar-refractivity contribution < 1.29 is 4.79 Å². The first-order chi connectivity index (χ1) is 10.3. The first-order valence-corrected chi connectivity index (χ1v) is 8.67. The maximum atomic E-state index is 12.4. The highest BCUT2D eigenvalue weighted by atomic mass is 32.1. The second kappa shape index (κ2) is 6.80.